The van der Waals surface area contributed by atoms with Crippen molar-refractivity contribution in [1.82, 2.24) is 14.9 Å². The zero-order valence-corrected chi connectivity index (χ0v) is 17.5. The highest BCUT2D eigenvalue weighted by Gasteiger charge is 2.27. The number of carbonyl (C=O) groups is 2. The summed E-state index contributed by atoms with van der Waals surface area (Å²) in [5.41, 5.74) is 3.28. The molecule has 0 aliphatic carbocycles. The maximum absolute atomic E-state index is 12.1. The molecule has 1 fully saturated rings. The van der Waals surface area contributed by atoms with Gasteiger partial charge in [-0.05, 0) is 24.0 Å². The van der Waals surface area contributed by atoms with E-state index in [0.717, 1.165) is 11.3 Å². The second-order valence-electron chi connectivity index (χ2n) is 8.07. The summed E-state index contributed by atoms with van der Waals surface area (Å²) >= 11 is 0. The van der Waals surface area contributed by atoms with Gasteiger partial charge in [0.05, 0.1) is 12.3 Å². The van der Waals surface area contributed by atoms with E-state index >= 15 is 0 Å². The molecule has 0 atom stereocenters. The highest BCUT2D eigenvalue weighted by Crippen LogP contribution is 2.26. The molecule has 0 N–H and O–H groups in total. The summed E-state index contributed by atoms with van der Waals surface area (Å²) in [6.45, 7) is 10.5. The predicted octanol–water partition coefficient (Wildman–Crippen LogP) is 2.65. The van der Waals surface area contributed by atoms with Gasteiger partial charge in [0.2, 0.25) is 5.95 Å². The molecule has 1 aliphatic heterocycles. The number of hydrogen-bond donors (Lipinski definition) is 0. The van der Waals surface area contributed by atoms with Crippen LogP contribution in [0.3, 0.4) is 0 Å². The minimum Gasteiger partial charge on any atom is -0.459 e. The Balaban J connectivity index is 1.68. The van der Waals surface area contributed by atoms with Crippen molar-refractivity contribution in [2.75, 3.05) is 37.7 Å². The van der Waals surface area contributed by atoms with E-state index in [9.17, 15) is 9.59 Å². The molecule has 1 saturated heterocycles. The summed E-state index contributed by atoms with van der Waals surface area (Å²) in [6.07, 6.45) is 1.76. The highest BCUT2D eigenvalue weighted by atomic mass is 16.5. The van der Waals surface area contributed by atoms with Gasteiger partial charge in [-0.1, -0.05) is 45.0 Å². The molecule has 0 spiro atoms. The number of nitrogens with zero attached hydrogens (tertiary/aromatic N) is 4. The summed E-state index contributed by atoms with van der Waals surface area (Å²) in [4.78, 5) is 36.4. The Bertz CT molecular complexity index is 866. The van der Waals surface area contributed by atoms with Gasteiger partial charge in [-0.25, -0.2) is 14.8 Å². The van der Waals surface area contributed by atoms with E-state index < -0.39 is 11.9 Å². The summed E-state index contributed by atoms with van der Waals surface area (Å²) in [5, 5.41) is 0. The third-order valence-electron chi connectivity index (χ3n) is 4.99. The molecule has 2 aromatic rings. The standard InChI is InChI=1S/C22H28N4O3/c1-5-29-20(28)19(27)25-12-14-26(15-13-25)21-23-11-10-18(24-21)16-6-8-17(9-7-16)22(2,3)4/h6-11H,5,12-15H2,1-4H3. The van der Waals surface area contributed by atoms with Gasteiger partial charge in [-0.15, -0.1) is 0 Å². The maximum Gasteiger partial charge on any atom is 0.397 e. The first-order valence-corrected chi connectivity index (χ1v) is 9.94. The van der Waals surface area contributed by atoms with Crippen LogP contribution in [0.15, 0.2) is 36.5 Å². The van der Waals surface area contributed by atoms with Gasteiger partial charge in [0, 0.05) is 37.9 Å². The third kappa shape index (κ3) is 4.91. The van der Waals surface area contributed by atoms with Gasteiger partial charge in [-0.2, -0.15) is 0 Å². The number of carbonyl (C=O) groups excluding carboxylic acids is 2. The number of hydrogen-bond acceptors (Lipinski definition) is 6. The summed E-state index contributed by atoms with van der Waals surface area (Å²) < 4.78 is 4.79. The van der Waals surface area contributed by atoms with E-state index in [1.807, 2.05) is 11.0 Å². The Labute approximate surface area is 171 Å². The number of esters is 1. The number of anilines is 1. The molecular weight excluding hydrogens is 368 g/mol. The van der Waals surface area contributed by atoms with E-state index in [2.05, 4.69) is 50.0 Å². The zero-order chi connectivity index (χ0) is 21.0. The Morgan fingerprint density at radius 2 is 1.69 bits per heavy atom. The lowest BCUT2D eigenvalue weighted by atomic mass is 9.86. The van der Waals surface area contributed by atoms with Gasteiger partial charge in [0.15, 0.2) is 0 Å². The number of benzene rings is 1. The molecule has 2 heterocycles. The molecule has 1 aromatic heterocycles. The average molecular weight is 396 g/mol. The third-order valence-corrected chi connectivity index (χ3v) is 4.99. The molecule has 0 unspecified atom stereocenters. The van der Waals surface area contributed by atoms with Crippen LogP contribution in [0.25, 0.3) is 11.3 Å². The van der Waals surface area contributed by atoms with Crippen molar-refractivity contribution in [3.8, 4) is 11.3 Å². The highest BCUT2D eigenvalue weighted by molar-refractivity contribution is 6.32. The van der Waals surface area contributed by atoms with Crippen LogP contribution in [-0.2, 0) is 19.7 Å². The van der Waals surface area contributed by atoms with E-state index in [1.165, 1.54) is 10.5 Å². The quantitative estimate of drug-likeness (QED) is 0.586. The summed E-state index contributed by atoms with van der Waals surface area (Å²) in [6, 6.07) is 10.3. The lowest BCUT2D eigenvalue weighted by molar-refractivity contribution is -0.160. The minimum atomic E-state index is -0.794. The first-order valence-electron chi connectivity index (χ1n) is 9.94. The van der Waals surface area contributed by atoms with E-state index in [4.69, 9.17) is 9.72 Å². The van der Waals surface area contributed by atoms with E-state index in [1.54, 1.807) is 13.1 Å². The number of aromatic nitrogens is 2. The Morgan fingerprint density at radius 3 is 2.28 bits per heavy atom. The lowest BCUT2D eigenvalue weighted by Gasteiger charge is -2.34. The average Bonchev–Trinajstić information content (AvgIpc) is 2.73. The molecule has 7 heteroatoms. The molecule has 3 rings (SSSR count). The Morgan fingerprint density at radius 1 is 1.03 bits per heavy atom. The topological polar surface area (TPSA) is 75.6 Å². The smallest absolute Gasteiger partial charge is 0.397 e. The van der Waals surface area contributed by atoms with Crippen LogP contribution in [0.4, 0.5) is 5.95 Å². The predicted molar refractivity (Wildman–Crippen MR) is 112 cm³/mol. The van der Waals surface area contributed by atoms with Gasteiger partial charge in [0.1, 0.15) is 0 Å². The molecule has 7 nitrogen and oxygen atoms in total. The largest absolute Gasteiger partial charge is 0.459 e. The molecular formula is C22H28N4O3. The molecule has 1 aromatic carbocycles. The first-order chi connectivity index (χ1) is 13.8. The van der Waals surface area contributed by atoms with Crippen molar-refractivity contribution in [1.29, 1.82) is 0 Å². The molecule has 1 aliphatic rings. The van der Waals surface area contributed by atoms with Gasteiger partial charge in [-0.3, -0.25) is 4.79 Å². The fourth-order valence-corrected chi connectivity index (χ4v) is 3.23. The monoisotopic (exact) mass is 396 g/mol. The molecule has 0 radical (unpaired) electrons. The Hall–Kier alpha value is -2.96. The molecule has 0 saturated carbocycles. The van der Waals surface area contributed by atoms with Crippen molar-refractivity contribution in [2.45, 2.75) is 33.1 Å². The lowest BCUT2D eigenvalue weighted by Crippen LogP contribution is -2.51. The normalized spacial score (nSPS) is 14.6. The second-order valence-corrected chi connectivity index (χ2v) is 8.07. The van der Waals surface area contributed by atoms with Crippen LogP contribution in [0.5, 0.6) is 0 Å². The molecule has 154 valence electrons. The van der Waals surface area contributed by atoms with Crippen LogP contribution >= 0.6 is 0 Å². The second kappa shape index (κ2) is 8.59. The van der Waals surface area contributed by atoms with Crippen LogP contribution in [0.2, 0.25) is 0 Å². The summed E-state index contributed by atoms with van der Waals surface area (Å²) in [7, 11) is 0. The molecule has 1 amide bonds. The molecule has 29 heavy (non-hydrogen) atoms. The fraction of sp³-hybridized carbons (Fsp3) is 0.455. The number of rotatable bonds is 3. The van der Waals surface area contributed by atoms with Crippen molar-refractivity contribution in [3.63, 3.8) is 0 Å². The van der Waals surface area contributed by atoms with E-state index in [-0.39, 0.29) is 12.0 Å². The van der Waals surface area contributed by atoms with Crippen LogP contribution < -0.4 is 4.90 Å². The van der Waals surface area contributed by atoms with E-state index in [0.29, 0.717) is 32.1 Å². The van der Waals surface area contributed by atoms with Crippen molar-refractivity contribution >= 4 is 17.8 Å². The SMILES string of the molecule is CCOC(=O)C(=O)N1CCN(c2nccc(-c3ccc(C(C)(C)C)cc3)n2)CC1. The van der Waals surface area contributed by atoms with Crippen molar-refractivity contribution < 1.29 is 14.3 Å². The van der Waals surface area contributed by atoms with Crippen molar-refractivity contribution in [3.05, 3.63) is 42.1 Å². The zero-order valence-electron chi connectivity index (χ0n) is 17.5. The number of amides is 1. The van der Waals surface area contributed by atoms with Crippen molar-refractivity contribution in [2.24, 2.45) is 0 Å². The van der Waals surface area contributed by atoms with Gasteiger partial charge < -0.3 is 14.5 Å². The van der Waals surface area contributed by atoms with Crippen LogP contribution in [0, 0.1) is 0 Å². The first kappa shape index (κ1) is 20.8. The van der Waals surface area contributed by atoms with Crippen LogP contribution in [-0.4, -0.2) is 59.5 Å². The maximum atomic E-state index is 12.1. The Kier molecular flexibility index (Phi) is 6.15. The van der Waals surface area contributed by atoms with Crippen LogP contribution in [0.1, 0.15) is 33.3 Å². The fourth-order valence-electron chi connectivity index (χ4n) is 3.23. The number of ether oxygens (including phenoxy) is 1. The minimum absolute atomic E-state index is 0.107. The van der Waals surface area contributed by atoms with Gasteiger partial charge in [0.25, 0.3) is 0 Å². The molecule has 0 bridgehead atoms. The number of piperazine rings is 1. The summed E-state index contributed by atoms with van der Waals surface area (Å²) in [5.74, 6) is -0.747. The van der Waals surface area contributed by atoms with Gasteiger partial charge >= 0.3 is 11.9 Å².